The lowest BCUT2D eigenvalue weighted by Crippen LogP contribution is -2.41. The highest BCUT2D eigenvalue weighted by atomic mass is 16.1. The fraction of sp³-hybridized carbons (Fsp3) is 0.923. The van der Waals surface area contributed by atoms with Crippen LogP contribution in [0.2, 0.25) is 0 Å². The Balaban J connectivity index is 3.82. The van der Waals surface area contributed by atoms with Crippen LogP contribution in [0.25, 0.3) is 0 Å². The van der Waals surface area contributed by atoms with Gasteiger partial charge in [-0.05, 0) is 33.1 Å². The minimum atomic E-state index is 0.0858. The molecule has 0 aliphatic rings. The van der Waals surface area contributed by atoms with Gasteiger partial charge in [0.1, 0.15) is 0 Å². The van der Waals surface area contributed by atoms with Crippen molar-refractivity contribution in [3.63, 3.8) is 0 Å². The molecule has 0 heterocycles. The van der Waals surface area contributed by atoms with Crippen molar-refractivity contribution in [2.24, 2.45) is 5.92 Å². The van der Waals surface area contributed by atoms with E-state index in [0.717, 1.165) is 13.0 Å². The van der Waals surface area contributed by atoms with Crippen molar-refractivity contribution in [2.45, 2.75) is 66.0 Å². The fourth-order valence-corrected chi connectivity index (χ4v) is 1.57. The van der Waals surface area contributed by atoms with E-state index in [1.165, 1.54) is 0 Å². The molecule has 0 aliphatic carbocycles. The topological polar surface area (TPSA) is 41.1 Å². The van der Waals surface area contributed by atoms with Gasteiger partial charge in [-0.3, -0.25) is 4.79 Å². The van der Waals surface area contributed by atoms with E-state index in [-0.39, 0.29) is 11.4 Å². The summed E-state index contributed by atoms with van der Waals surface area (Å²) in [7, 11) is 0. The minimum Gasteiger partial charge on any atom is -0.353 e. The average molecular weight is 228 g/mol. The molecule has 3 heteroatoms. The summed E-state index contributed by atoms with van der Waals surface area (Å²) in [5.74, 6) is 0.654. The zero-order chi connectivity index (χ0) is 12.8. The van der Waals surface area contributed by atoms with E-state index < -0.39 is 0 Å². The molecule has 3 nitrogen and oxygen atoms in total. The molecule has 0 aromatic rings. The summed E-state index contributed by atoms with van der Waals surface area (Å²) in [6.45, 7) is 13.4. The number of hydrogen-bond donors (Lipinski definition) is 2. The Kier molecular flexibility index (Phi) is 6.65. The van der Waals surface area contributed by atoms with Gasteiger partial charge in [0.15, 0.2) is 0 Å². The first kappa shape index (κ1) is 15.4. The molecule has 96 valence electrons. The first-order valence-corrected chi connectivity index (χ1v) is 6.30. The normalized spacial score (nSPS) is 13.9. The van der Waals surface area contributed by atoms with E-state index in [0.29, 0.717) is 18.4 Å². The van der Waals surface area contributed by atoms with Gasteiger partial charge in [-0.25, -0.2) is 0 Å². The van der Waals surface area contributed by atoms with Crippen LogP contribution in [0.1, 0.15) is 54.4 Å². The predicted octanol–water partition coefficient (Wildman–Crippen LogP) is 2.32. The van der Waals surface area contributed by atoms with Gasteiger partial charge in [0.05, 0.1) is 0 Å². The Bertz CT molecular complexity index is 206. The molecule has 0 saturated carbocycles. The van der Waals surface area contributed by atoms with Gasteiger partial charge in [0, 0.05) is 24.5 Å². The molecule has 0 spiro atoms. The summed E-state index contributed by atoms with van der Waals surface area (Å²) >= 11 is 0. The number of amides is 1. The third-order valence-electron chi connectivity index (χ3n) is 2.60. The number of carbonyl (C=O) groups is 1. The van der Waals surface area contributed by atoms with Crippen LogP contribution in [0.3, 0.4) is 0 Å². The van der Waals surface area contributed by atoms with Crippen molar-refractivity contribution >= 4 is 5.91 Å². The van der Waals surface area contributed by atoms with Crippen molar-refractivity contribution in [1.29, 1.82) is 0 Å². The second-order valence-corrected chi connectivity index (χ2v) is 5.75. The van der Waals surface area contributed by atoms with Crippen molar-refractivity contribution in [3.8, 4) is 0 Å². The van der Waals surface area contributed by atoms with Crippen LogP contribution >= 0.6 is 0 Å². The van der Waals surface area contributed by atoms with Crippen LogP contribution < -0.4 is 10.6 Å². The lowest BCUT2D eigenvalue weighted by atomic mass is 10.0. The molecule has 0 radical (unpaired) electrons. The van der Waals surface area contributed by atoms with E-state index in [1.54, 1.807) is 0 Å². The van der Waals surface area contributed by atoms with Crippen molar-refractivity contribution in [2.75, 3.05) is 6.54 Å². The third kappa shape index (κ3) is 7.69. The fourth-order valence-electron chi connectivity index (χ4n) is 1.57. The standard InChI is InChI=1S/C13H28N2O/c1-7-11(10(2)3)15-12(16)8-9-14-13(4,5)6/h10-11,14H,7-9H2,1-6H3,(H,15,16). The Morgan fingerprint density at radius 3 is 2.19 bits per heavy atom. The van der Waals surface area contributed by atoms with Gasteiger partial charge >= 0.3 is 0 Å². The molecule has 0 aromatic heterocycles. The van der Waals surface area contributed by atoms with E-state index in [4.69, 9.17) is 0 Å². The van der Waals surface area contributed by atoms with E-state index >= 15 is 0 Å². The van der Waals surface area contributed by atoms with Gasteiger partial charge in [-0.2, -0.15) is 0 Å². The van der Waals surface area contributed by atoms with Crippen LogP contribution in [-0.2, 0) is 4.79 Å². The van der Waals surface area contributed by atoms with Crippen molar-refractivity contribution in [3.05, 3.63) is 0 Å². The van der Waals surface area contributed by atoms with Crippen molar-refractivity contribution in [1.82, 2.24) is 10.6 Å². The van der Waals surface area contributed by atoms with Gasteiger partial charge in [0.25, 0.3) is 0 Å². The zero-order valence-corrected chi connectivity index (χ0v) is 11.7. The molecule has 0 aromatic carbocycles. The van der Waals surface area contributed by atoms with E-state index in [1.807, 2.05) is 0 Å². The molecule has 0 saturated heterocycles. The third-order valence-corrected chi connectivity index (χ3v) is 2.60. The first-order valence-electron chi connectivity index (χ1n) is 6.30. The van der Waals surface area contributed by atoms with E-state index in [2.05, 4.69) is 52.2 Å². The number of carbonyl (C=O) groups excluding carboxylic acids is 1. The Morgan fingerprint density at radius 2 is 1.81 bits per heavy atom. The SMILES string of the molecule is CCC(NC(=O)CCNC(C)(C)C)C(C)C. The number of rotatable bonds is 6. The molecule has 1 amide bonds. The molecule has 2 N–H and O–H groups in total. The van der Waals surface area contributed by atoms with Gasteiger partial charge in [0.2, 0.25) is 5.91 Å². The van der Waals surface area contributed by atoms with Gasteiger partial charge < -0.3 is 10.6 Å². The first-order chi connectivity index (χ1) is 7.26. The lowest BCUT2D eigenvalue weighted by Gasteiger charge is -2.22. The second kappa shape index (κ2) is 6.89. The Morgan fingerprint density at radius 1 is 1.25 bits per heavy atom. The average Bonchev–Trinajstić information content (AvgIpc) is 2.11. The van der Waals surface area contributed by atoms with Gasteiger partial charge in [-0.15, -0.1) is 0 Å². The molecule has 0 aliphatic heterocycles. The highest BCUT2D eigenvalue weighted by Gasteiger charge is 2.14. The summed E-state index contributed by atoms with van der Waals surface area (Å²) in [6, 6.07) is 0.308. The van der Waals surface area contributed by atoms with E-state index in [9.17, 15) is 4.79 Å². The van der Waals surface area contributed by atoms with Gasteiger partial charge in [-0.1, -0.05) is 20.8 Å². The molecular formula is C13H28N2O. The summed E-state index contributed by atoms with van der Waals surface area (Å²) in [4.78, 5) is 11.7. The maximum Gasteiger partial charge on any atom is 0.221 e. The van der Waals surface area contributed by atoms with Crippen LogP contribution in [0.4, 0.5) is 0 Å². The number of nitrogens with one attached hydrogen (secondary N) is 2. The summed E-state index contributed by atoms with van der Waals surface area (Å²) in [6.07, 6.45) is 1.55. The summed E-state index contributed by atoms with van der Waals surface area (Å²) in [5.41, 5.74) is 0.0858. The van der Waals surface area contributed by atoms with Crippen LogP contribution in [-0.4, -0.2) is 24.0 Å². The van der Waals surface area contributed by atoms with Crippen LogP contribution in [0.15, 0.2) is 0 Å². The molecule has 1 unspecified atom stereocenters. The Hall–Kier alpha value is -0.570. The maximum atomic E-state index is 11.7. The quantitative estimate of drug-likeness (QED) is 0.732. The van der Waals surface area contributed by atoms with Crippen LogP contribution in [0, 0.1) is 5.92 Å². The number of hydrogen-bond acceptors (Lipinski definition) is 2. The minimum absolute atomic E-state index is 0.0858. The lowest BCUT2D eigenvalue weighted by molar-refractivity contribution is -0.122. The molecule has 0 bridgehead atoms. The molecule has 16 heavy (non-hydrogen) atoms. The molecule has 0 fully saturated rings. The second-order valence-electron chi connectivity index (χ2n) is 5.75. The summed E-state index contributed by atoms with van der Waals surface area (Å²) < 4.78 is 0. The highest BCUT2D eigenvalue weighted by molar-refractivity contribution is 5.76. The predicted molar refractivity (Wildman–Crippen MR) is 69.4 cm³/mol. The monoisotopic (exact) mass is 228 g/mol. The summed E-state index contributed by atoms with van der Waals surface area (Å²) in [5, 5.41) is 6.39. The molecule has 1 atom stereocenters. The molecular weight excluding hydrogens is 200 g/mol. The molecule has 0 rings (SSSR count). The smallest absolute Gasteiger partial charge is 0.221 e. The maximum absolute atomic E-state index is 11.7. The Labute approximate surface area is 100 Å². The van der Waals surface area contributed by atoms with Crippen LogP contribution in [0.5, 0.6) is 0 Å². The van der Waals surface area contributed by atoms with Crippen molar-refractivity contribution < 1.29 is 4.79 Å². The zero-order valence-electron chi connectivity index (χ0n) is 11.7. The highest BCUT2D eigenvalue weighted by Crippen LogP contribution is 2.05. The largest absolute Gasteiger partial charge is 0.353 e.